The first-order valence-electron chi connectivity index (χ1n) is 8.43. The highest BCUT2D eigenvalue weighted by atomic mass is 16.5. The second-order valence-electron chi connectivity index (χ2n) is 6.41. The number of nitrogens with zero attached hydrogens (tertiary/aromatic N) is 4. The third-order valence-electron chi connectivity index (χ3n) is 4.23. The molecule has 2 N–H and O–H groups in total. The summed E-state index contributed by atoms with van der Waals surface area (Å²) in [5.41, 5.74) is 8.45. The maximum absolute atomic E-state index is 11.3. The van der Waals surface area contributed by atoms with Crippen LogP contribution in [0.25, 0.3) is 0 Å². The van der Waals surface area contributed by atoms with Crippen LogP contribution in [0.3, 0.4) is 0 Å². The molecule has 1 fully saturated rings. The van der Waals surface area contributed by atoms with Crippen LogP contribution in [0.15, 0.2) is 30.6 Å². The molecular formula is C18H23N5O2. The van der Waals surface area contributed by atoms with E-state index in [0.717, 1.165) is 43.1 Å². The standard InChI is InChI=1S/C18H23N5O2/c1-13-3-2-4-15(22-13)10-23-5-6-25-11-14(9-23)7-16-8-17(18(19)24)21-12-20-16/h2-4,8,12,14H,5-7,9-11H2,1H3,(H2,19,24)/t14-/m0/s1. The molecule has 1 aliphatic heterocycles. The predicted octanol–water partition coefficient (Wildman–Crippen LogP) is 0.970. The summed E-state index contributed by atoms with van der Waals surface area (Å²) in [5.74, 6) is -0.240. The molecule has 0 aliphatic carbocycles. The van der Waals surface area contributed by atoms with E-state index in [0.29, 0.717) is 19.1 Å². The van der Waals surface area contributed by atoms with Crippen LogP contribution < -0.4 is 5.73 Å². The summed E-state index contributed by atoms with van der Waals surface area (Å²) in [4.78, 5) is 26.4. The molecule has 0 unspecified atom stereocenters. The first kappa shape index (κ1) is 17.4. The summed E-state index contributed by atoms with van der Waals surface area (Å²) in [6, 6.07) is 7.76. The van der Waals surface area contributed by atoms with Crippen molar-refractivity contribution in [3.8, 4) is 0 Å². The lowest BCUT2D eigenvalue weighted by atomic mass is 10.0. The van der Waals surface area contributed by atoms with Crippen LogP contribution in [0.4, 0.5) is 0 Å². The fourth-order valence-electron chi connectivity index (χ4n) is 3.08. The molecule has 0 spiro atoms. The molecule has 7 nitrogen and oxygen atoms in total. The number of nitrogens with two attached hydrogens (primary N) is 1. The van der Waals surface area contributed by atoms with Crippen LogP contribution in [0.1, 0.15) is 27.6 Å². The molecule has 1 atom stereocenters. The van der Waals surface area contributed by atoms with Gasteiger partial charge in [-0.1, -0.05) is 6.07 Å². The molecular weight excluding hydrogens is 318 g/mol. The first-order chi connectivity index (χ1) is 12.1. The Balaban J connectivity index is 1.65. The van der Waals surface area contributed by atoms with E-state index in [1.807, 2.05) is 19.1 Å². The maximum Gasteiger partial charge on any atom is 0.267 e. The molecule has 7 heteroatoms. The number of amides is 1. The summed E-state index contributed by atoms with van der Waals surface area (Å²) in [5, 5.41) is 0. The van der Waals surface area contributed by atoms with Crippen molar-refractivity contribution in [3.63, 3.8) is 0 Å². The molecule has 3 rings (SSSR count). The molecule has 0 radical (unpaired) electrons. The Morgan fingerprint density at radius 2 is 2.24 bits per heavy atom. The zero-order valence-corrected chi connectivity index (χ0v) is 14.4. The molecule has 0 aromatic carbocycles. The highest BCUT2D eigenvalue weighted by Gasteiger charge is 2.20. The number of rotatable bonds is 5. The van der Waals surface area contributed by atoms with E-state index < -0.39 is 5.91 Å². The van der Waals surface area contributed by atoms with Crippen molar-refractivity contribution in [3.05, 3.63) is 53.4 Å². The van der Waals surface area contributed by atoms with Gasteiger partial charge in [-0.05, 0) is 31.5 Å². The lowest BCUT2D eigenvalue weighted by Crippen LogP contribution is -2.31. The average molecular weight is 341 g/mol. The largest absolute Gasteiger partial charge is 0.380 e. The number of primary amides is 1. The molecule has 1 aliphatic rings. The molecule has 2 aromatic heterocycles. The summed E-state index contributed by atoms with van der Waals surface area (Å²) in [7, 11) is 0. The Morgan fingerprint density at radius 3 is 3.04 bits per heavy atom. The van der Waals surface area contributed by atoms with Gasteiger partial charge in [-0.3, -0.25) is 14.7 Å². The highest BCUT2D eigenvalue weighted by Crippen LogP contribution is 2.15. The van der Waals surface area contributed by atoms with Crippen molar-refractivity contribution in [2.24, 2.45) is 11.7 Å². The SMILES string of the molecule is Cc1cccc(CN2CCOC[C@@H](Cc3cc(C(N)=O)ncn3)C2)n1. The summed E-state index contributed by atoms with van der Waals surface area (Å²) in [6.07, 6.45) is 2.11. The molecule has 0 bridgehead atoms. The molecule has 3 heterocycles. The average Bonchev–Trinajstić information content (AvgIpc) is 2.80. The Labute approximate surface area is 147 Å². The van der Waals surface area contributed by atoms with Gasteiger partial charge in [0.05, 0.1) is 18.9 Å². The lowest BCUT2D eigenvalue weighted by molar-refractivity contribution is 0.0995. The quantitative estimate of drug-likeness (QED) is 0.871. The number of carbonyl (C=O) groups excluding carboxylic acids is 1. The molecule has 0 saturated carbocycles. The fourth-order valence-corrected chi connectivity index (χ4v) is 3.08. The normalized spacial score (nSPS) is 18.7. The summed E-state index contributed by atoms with van der Waals surface area (Å²) in [6.45, 7) is 5.96. The van der Waals surface area contributed by atoms with Gasteiger partial charge in [-0.15, -0.1) is 0 Å². The van der Waals surface area contributed by atoms with Gasteiger partial charge >= 0.3 is 0 Å². The number of hydrogen-bond donors (Lipinski definition) is 1. The number of aryl methyl sites for hydroxylation is 1. The Morgan fingerprint density at radius 1 is 1.36 bits per heavy atom. The van der Waals surface area contributed by atoms with Gasteiger partial charge in [0.15, 0.2) is 0 Å². The van der Waals surface area contributed by atoms with Crippen LogP contribution in [0.5, 0.6) is 0 Å². The van der Waals surface area contributed by atoms with Crippen molar-refractivity contribution in [2.45, 2.75) is 19.9 Å². The first-order valence-corrected chi connectivity index (χ1v) is 8.43. The van der Waals surface area contributed by atoms with E-state index in [1.54, 1.807) is 6.07 Å². The van der Waals surface area contributed by atoms with Gasteiger partial charge in [0.1, 0.15) is 12.0 Å². The minimum atomic E-state index is -0.534. The molecule has 132 valence electrons. The molecule has 2 aromatic rings. The van der Waals surface area contributed by atoms with Gasteiger partial charge in [0, 0.05) is 36.9 Å². The van der Waals surface area contributed by atoms with Crippen molar-refractivity contribution in [1.29, 1.82) is 0 Å². The fraction of sp³-hybridized carbons (Fsp3) is 0.444. The zero-order valence-electron chi connectivity index (χ0n) is 14.4. The Kier molecular flexibility index (Phi) is 5.67. The van der Waals surface area contributed by atoms with Gasteiger partial charge in [-0.2, -0.15) is 0 Å². The minimum absolute atomic E-state index is 0.250. The number of pyridine rings is 1. The topological polar surface area (TPSA) is 94.2 Å². The van der Waals surface area contributed by atoms with Gasteiger partial charge in [0.2, 0.25) is 0 Å². The third-order valence-corrected chi connectivity index (χ3v) is 4.23. The Bertz CT molecular complexity index is 737. The number of hydrogen-bond acceptors (Lipinski definition) is 6. The van der Waals surface area contributed by atoms with E-state index in [2.05, 4.69) is 25.9 Å². The van der Waals surface area contributed by atoms with Crippen LogP contribution >= 0.6 is 0 Å². The molecule has 1 saturated heterocycles. The van der Waals surface area contributed by atoms with Crippen molar-refractivity contribution in [2.75, 3.05) is 26.3 Å². The maximum atomic E-state index is 11.3. The number of aromatic nitrogens is 3. The third kappa shape index (κ3) is 5.04. The van der Waals surface area contributed by atoms with E-state index in [4.69, 9.17) is 10.5 Å². The number of ether oxygens (including phenoxy) is 1. The monoisotopic (exact) mass is 341 g/mol. The van der Waals surface area contributed by atoms with E-state index in [9.17, 15) is 4.79 Å². The van der Waals surface area contributed by atoms with Gasteiger partial charge < -0.3 is 10.5 Å². The second kappa shape index (κ2) is 8.13. The van der Waals surface area contributed by atoms with Gasteiger partial charge in [0.25, 0.3) is 5.91 Å². The van der Waals surface area contributed by atoms with Crippen LogP contribution in [-0.4, -0.2) is 52.1 Å². The molecule has 25 heavy (non-hydrogen) atoms. The smallest absolute Gasteiger partial charge is 0.267 e. The van der Waals surface area contributed by atoms with Crippen LogP contribution in [0.2, 0.25) is 0 Å². The van der Waals surface area contributed by atoms with Crippen molar-refractivity contribution >= 4 is 5.91 Å². The van der Waals surface area contributed by atoms with E-state index in [1.165, 1.54) is 6.33 Å². The Hall–Kier alpha value is -2.38. The van der Waals surface area contributed by atoms with Crippen molar-refractivity contribution < 1.29 is 9.53 Å². The van der Waals surface area contributed by atoms with Gasteiger partial charge in [-0.25, -0.2) is 9.97 Å². The van der Waals surface area contributed by atoms with E-state index >= 15 is 0 Å². The lowest BCUT2D eigenvalue weighted by Gasteiger charge is -2.23. The minimum Gasteiger partial charge on any atom is -0.380 e. The van der Waals surface area contributed by atoms with Crippen molar-refractivity contribution in [1.82, 2.24) is 19.9 Å². The van der Waals surface area contributed by atoms with Crippen LogP contribution in [-0.2, 0) is 17.7 Å². The zero-order chi connectivity index (χ0) is 17.6. The second-order valence-corrected chi connectivity index (χ2v) is 6.41. The van der Waals surface area contributed by atoms with Crippen LogP contribution in [0, 0.1) is 12.8 Å². The summed E-state index contributed by atoms with van der Waals surface area (Å²) < 4.78 is 5.75. The highest BCUT2D eigenvalue weighted by molar-refractivity contribution is 5.90. The van der Waals surface area contributed by atoms with E-state index in [-0.39, 0.29) is 5.69 Å². The predicted molar refractivity (Wildman–Crippen MR) is 92.8 cm³/mol. The summed E-state index contributed by atoms with van der Waals surface area (Å²) >= 11 is 0. The number of carbonyl (C=O) groups is 1. The molecule has 1 amide bonds.